The lowest BCUT2D eigenvalue weighted by molar-refractivity contribution is 0.832. The topological polar surface area (TPSA) is 24.9 Å². The highest BCUT2D eigenvalue weighted by Crippen LogP contribution is 2.34. The zero-order valence-corrected chi connectivity index (χ0v) is 9.84. The first-order valence-corrected chi connectivity index (χ1v) is 5.95. The molecule has 76 valence electrons. The molecule has 0 fully saturated rings. The summed E-state index contributed by atoms with van der Waals surface area (Å²) in [5.74, 6) is 0. The van der Waals surface area contributed by atoms with Crippen LogP contribution < -0.4 is 5.32 Å². The summed E-state index contributed by atoms with van der Waals surface area (Å²) in [5, 5.41) is 4.64. The van der Waals surface area contributed by atoms with Crippen molar-refractivity contribution in [1.29, 1.82) is 0 Å². The lowest BCUT2D eigenvalue weighted by Gasteiger charge is -2.20. The number of fused-ring (bicyclic) bond motifs is 3. The molecule has 0 radical (unpaired) electrons. The van der Waals surface area contributed by atoms with E-state index in [1.165, 1.54) is 23.1 Å². The number of halogens is 1. The Balaban J connectivity index is 2.39. The molecule has 2 nitrogen and oxygen atoms in total. The third-order valence-corrected chi connectivity index (χ3v) is 3.50. The lowest BCUT2D eigenvalue weighted by atomic mass is 10.0. The van der Waals surface area contributed by atoms with Gasteiger partial charge in [-0.1, -0.05) is 22.0 Å². The summed E-state index contributed by atoms with van der Waals surface area (Å²) in [4.78, 5) is 4.46. The average Bonchev–Trinajstić information content (AvgIpc) is 2.30. The van der Waals surface area contributed by atoms with Crippen molar-refractivity contribution in [2.24, 2.45) is 0 Å². The predicted molar refractivity (Wildman–Crippen MR) is 66.3 cm³/mol. The van der Waals surface area contributed by atoms with E-state index in [0.29, 0.717) is 0 Å². The van der Waals surface area contributed by atoms with Gasteiger partial charge in [-0.2, -0.15) is 0 Å². The molecular weight excluding hydrogens is 252 g/mol. The van der Waals surface area contributed by atoms with Crippen molar-refractivity contribution in [3.8, 4) is 0 Å². The molecule has 3 heteroatoms. The molecule has 0 saturated carbocycles. The van der Waals surface area contributed by atoms with E-state index in [9.17, 15) is 0 Å². The van der Waals surface area contributed by atoms with Crippen molar-refractivity contribution >= 4 is 32.5 Å². The van der Waals surface area contributed by atoms with Crippen LogP contribution >= 0.6 is 15.9 Å². The number of nitrogens with one attached hydrogen (secondary N) is 1. The molecule has 0 atom stereocenters. The molecule has 0 aliphatic carbocycles. The van der Waals surface area contributed by atoms with Crippen molar-refractivity contribution in [2.45, 2.75) is 12.8 Å². The Kier molecular flexibility index (Phi) is 2.13. The van der Waals surface area contributed by atoms with E-state index in [0.717, 1.165) is 23.0 Å². The van der Waals surface area contributed by atoms with E-state index in [-0.39, 0.29) is 0 Å². The van der Waals surface area contributed by atoms with E-state index in [1.54, 1.807) is 0 Å². The highest BCUT2D eigenvalue weighted by atomic mass is 79.9. The zero-order chi connectivity index (χ0) is 10.3. The number of hydrogen-bond donors (Lipinski definition) is 1. The van der Waals surface area contributed by atoms with Gasteiger partial charge in [0.05, 0.1) is 11.2 Å². The number of aromatic nitrogens is 1. The SMILES string of the molecule is Brc1cc2c(c3ncccc13)NCCC2. The van der Waals surface area contributed by atoms with Gasteiger partial charge in [-0.15, -0.1) is 0 Å². The van der Waals surface area contributed by atoms with Crippen molar-refractivity contribution in [3.05, 3.63) is 34.4 Å². The van der Waals surface area contributed by atoms with Crippen LogP contribution in [0.4, 0.5) is 5.69 Å². The number of nitrogens with zero attached hydrogens (tertiary/aromatic N) is 1. The molecule has 1 N–H and O–H groups in total. The van der Waals surface area contributed by atoms with Gasteiger partial charge in [0.25, 0.3) is 0 Å². The number of rotatable bonds is 0. The van der Waals surface area contributed by atoms with Gasteiger partial charge in [0.15, 0.2) is 0 Å². The molecule has 0 saturated heterocycles. The van der Waals surface area contributed by atoms with Crippen molar-refractivity contribution in [1.82, 2.24) is 4.98 Å². The van der Waals surface area contributed by atoms with Gasteiger partial charge in [-0.05, 0) is 30.5 Å². The monoisotopic (exact) mass is 262 g/mol. The minimum atomic E-state index is 1.06. The first-order valence-electron chi connectivity index (χ1n) is 5.16. The van der Waals surface area contributed by atoms with Crippen molar-refractivity contribution in [2.75, 3.05) is 11.9 Å². The summed E-state index contributed by atoms with van der Waals surface area (Å²) in [5.41, 5.74) is 3.68. The zero-order valence-electron chi connectivity index (χ0n) is 8.26. The van der Waals surface area contributed by atoms with Crippen LogP contribution in [0.1, 0.15) is 12.0 Å². The smallest absolute Gasteiger partial charge is 0.0947 e. The van der Waals surface area contributed by atoms with Gasteiger partial charge in [-0.25, -0.2) is 0 Å². The van der Waals surface area contributed by atoms with Crippen LogP contribution in [0.2, 0.25) is 0 Å². The number of benzene rings is 1. The van der Waals surface area contributed by atoms with Crippen LogP contribution in [0.3, 0.4) is 0 Å². The van der Waals surface area contributed by atoms with E-state index in [1.807, 2.05) is 12.3 Å². The third-order valence-electron chi connectivity index (χ3n) is 2.85. The highest BCUT2D eigenvalue weighted by molar-refractivity contribution is 9.10. The minimum absolute atomic E-state index is 1.06. The van der Waals surface area contributed by atoms with Gasteiger partial charge >= 0.3 is 0 Å². The van der Waals surface area contributed by atoms with E-state index < -0.39 is 0 Å². The molecule has 0 spiro atoms. The Labute approximate surface area is 96.8 Å². The summed E-state index contributed by atoms with van der Waals surface area (Å²) in [6.07, 6.45) is 4.20. The lowest BCUT2D eigenvalue weighted by Crippen LogP contribution is -2.12. The van der Waals surface area contributed by atoms with Gasteiger partial charge in [0.2, 0.25) is 0 Å². The van der Waals surface area contributed by atoms with Crippen LogP contribution in [-0.4, -0.2) is 11.5 Å². The second-order valence-corrected chi connectivity index (χ2v) is 4.68. The number of hydrogen-bond acceptors (Lipinski definition) is 2. The molecule has 0 bridgehead atoms. The maximum Gasteiger partial charge on any atom is 0.0947 e. The third kappa shape index (κ3) is 1.42. The molecule has 1 aliphatic heterocycles. The molecule has 0 amide bonds. The summed E-state index contributed by atoms with van der Waals surface area (Å²) >= 11 is 3.61. The van der Waals surface area contributed by atoms with Gasteiger partial charge in [0.1, 0.15) is 0 Å². The standard InChI is InChI=1S/C12H11BrN2/c13-10-7-8-3-1-5-14-11(8)12-9(10)4-2-6-15-12/h2,4,6-7,14H,1,3,5H2. The molecule has 2 heterocycles. The van der Waals surface area contributed by atoms with Crippen LogP contribution in [0.25, 0.3) is 10.9 Å². The molecule has 1 aromatic heterocycles. The minimum Gasteiger partial charge on any atom is -0.383 e. The quantitative estimate of drug-likeness (QED) is 0.788. The Morgan fingerprint density at radius 1 is 1.40 bits per heavy atom. The van der Waals surface area contributed by atoms with E-state index in [4.69, 9.17) is 0 Å². The highest BCUT2D eigenvalue weighted by Gasteiger charge is 2.14. The summed E-state index contributed by atoms with van der Waals surface area (Å²) in [7, 11) is 0. The van der Waals surface area contributed by atoms with Crippen LogP contribution in [0, 0.1) is 0 Å². The first-order chi connectivity index (χ1) is 7.36. The maximum absolute atomic E-state index is 4.46. The second kappa shape index (κ2) is 3.49. The van der Waals surface area contributed by atoms with Crippen molar-refractivity contribution in [3.63, 3.8) is 0 Å². The number of anilines is 1. The van der Waals surface area contributed by atoms with Crippen LogP contribution in [0.15, 0.2) is 28.9 Å². The van der Waals surface area contributed by atoms with E-state index >= 15 is 0 Å². The fourth-order valence-corrected chi connectivity index (χ4v) is 2.74. The fraction of sp³-hybridized carbons (Fsp3) is 0.250. The van der Waals surface area contributed by atoms with Gasteiger partial charge < -0.3 is 5.32 Å². The molecule has 15 heavy (non-hydrogen) atoms. The Morgan fingerprint density at radius 2 is 2.33 bits per heavy atom. The predicted octanol–water partition coefficient (Wildman–Crippen LogP) is 3.36. The second-order valence-electron chi connectivity index (χ2n) is 3.82. The first kappa shape index (κ1) is 9.16. The van der Waals surface area contributed by atoms with E-state index in [2.05, 4.69) is 38.4 Å². The molecule has 1 aliphatic rings. The molecule has 1 aromatic carbocycles. The Bertz CT molecular complexity index is 522. The Hall–Kier alpha value is -1.09. The fourth-order valence-electron chi connectivity index (χ4n) is 2.14. The molecule has 2 aromatic rings. The summed E-state index contributed by atoms with van der Waals surface area (Å²) in [6.45, 7) is 1.06. The molecular formula is C12H11BrN2. The van der Waals surface area contributed by atoms with Gasteiger partial charge in [0, 0.05) is 22.6 Å². The molecule has 0 unspecified atom stereocenters. The summed E-state index contributed by atoms with van der Waals surface area (Å²) in [6, 6.07) is 6.29. The number of aryl methyl sites for hydroxylation is 1. The molecule has 3 rings (SSSR count). The summed E-state index contributed by atoms with van der Waals surface area (Å²) < 4.78 is 1.15. The Morgan fingerprint density at radius 3 is 3.27 bits per heavy atom. The normalized spacial score (nSPS) is 14.7. The van der Waals surface area contributed by atoms with Crippen LogP contribution in [-0.2, 0) is 6.42 Å². The number of pyridine rings is 1. The largest absolute Gasteiger partial charge is 0.383 e. The average molecular weight is 263 g/mol. The van der Waals surface area contributed by atoms with Crippen molar-refractivity contribution < 1.29 is 0 Å². The van der Waals surface area contributed by atoms with Gasteiger partial charge in [-0.3, -0.25) is 4.98 Å². The van der Waals surface area contributed by atoms with Crippen LogP contribution in [0.5, 0.6) is 0 Å². The maximum atomic E-state index is 4.46.